The number of piperidine rings is 1. The fraction of sp³-hybridized carbons (Fsp3) is 0.400. The maximum atomic E-state index is 13.6. The normalized spacial score (nSPS) is 17.7. The number of rotatable bonds is 4. The quantitative estimate of drug-likeness (QED) is 0.918. The minimum absolute atomic E-state index is 0.0804. The molecule has 1 saturated heterocycles. The van der Waals surface area contributed by atoms with Crippen LogP contribution in [0.1, 0.15) is 52.6 Å². The summed E-state index contributed by atoms with van der Waals surface area (Å²) in [5, 5.41) is 11.7. The number of nitrogens with zero attached hydrogens (tertiary/aromatic N) is 3. The fourth-order valence-electron chi connectivity index (χ4n) is 3.72. The summed E-state index contributed by atoms with van der Waals surface area (Å²) < 4.78 is 15.5. The number of halogens is 1. The van der Waals surface area contributed by atoms with E-state index >= 15 is 0 Å². The van der Waals surface area contributed by atoms with Gasteiger partial charge in [-0.25, -0.2) is 4.39 Å². The smallest absolute Gasteiger partial charge is 0.267 e. The lowest BCUT2D eigenvalue weighted by atomic mass is 9.98. The van der Waals surface area contributed by atoms with Crippen LogP contribution in [0.25, 0.3) is 0 Å². The Labute approximate surface area is 153 Å². The molecule has 26 heavy (non-hydrogen) atoms. The van der Waals surface area contributed by atoms with Crippen molar-refractivity contribution in [2.75, 3.05) is 13.6 Å². The maximum Gasteiger partial charge on any atom is 0.267 e. The SMILES string of the molecule is CNC(=O)c1ccc([C@@H]2CCCCN2Cc2ccc(F)c(C#N)c2)n1C. The van der Waals surface area contributed by atoms with Gasteiger partial charge in [-0.15, -0.1) is 0 Å². The molecule has 0 radical (unpaired) electrons. The first-order chi connectivity index (χ1) is 12.5. The summed E-state index contributed by atoms with van der Waals surface area (Å²) in [6.45, 7) is 1.59. The molecule has 1 aliphatic heterocycles. The Balaban J connectivity index is 1.86. The molecule has 0 aliphatic carbocycles. The molecule has 1 amide bonds. The lowest BCUT2D eigenvalue weighted by molar-refractivity contribution is 0.0952. The molecule has 0 bridgehead atoms. The molecular weight excluding hydrogens is 331 g/mol. The molecule has 5 nitrogen and oxygen atoms in total. The number of likely N-dealkylation sites (tertiary alicyclic amines) is 1. The highest BCUT2D eigenvalue weighted by molar-refractivity contribution is 5.92. The molecule has 1 aromatic heterocycles. The van der Waals surface area contributed by atoms with E-state index in [4.69, 9.17) is 5.26 Å². The second-order valence-electron chi connectivity index (χ2n) is 6.69. The molecular formula is C20H23FN4O. The zero-order valence-electron chi connectivity index (χ0n) is 15.1. The van der Waals surface area contributed by atoms with Gasteiger partial charge in [-0.05, 0) is 49.2 Å². The third-order valence-electron chi connectivity index (χ3n) is 5.11. The van der Waals surface area contributed by atoms with E-state index in [-0.39, 0.29) is 17.5 Å². The molecule has 1 aromatic carbocycles. The van der Waals surface area contributed by atoms with Gasteiger partial charge in [0.05, 0.1) is 11.6 Å². The summed E-state index contributed by atoms with van der Waals surface area (Å²) in [5.41, 5.74) is 2.75. The Morgan fingerprint density at radius 2 is 2.15 bits per heavy atom. The van der Waals surface area contributed by atoms with Gasteiger partial charge in [0.2, 0.25) is 0 Å². The lowest BCUT2D eigenvalue weighted by Crippen LogP contribution is -2.34. The van der Waals surface area contributed by atoms with Gasteiger partial charge in [0.25, 0.3) is 5.91 Å². The highest BCUT2D eigenvalue weighted by atomic mass is 19.1. The Hall–Kier alpha value is -2.65. The van der Waals surface area contributed by atoms with E-state index in [0.717, 1.165) is 37.1 Å². The Morgan fingerprint density at radius 1 is 1.35 bits per heavy atom. The van der Waals surface area contributed by atoms with Crippen molar-refractivity contribution in [3.8, 4) is 6.07 Å². The van der Waals surface area contributed by atoms with E-state index in [1.165, 1.54) is 6.07 Å². The highest BCUT2D eigenvalue weighted by Gasteiger charge is 2.27. The Kier molecular flexibility index (Phi) is 5.38. The Morgan fingerprint density at radius 3 is 2.88 bits per heavy atom. The van der Waals surface area contributed by atoms with Crippen LogP contribution in [0.3, 0.4) is 0 Å². The van der Waals surface area contributed by atoms with E-state index in [0.29, 0.717) is 12.2 Å². The second-order valence-corrected chi connectivity index (χ2v) is 6.69. The fourth-order valence-corrected chi connectivity index (χ4v) is 3.72. The van der Waals surface area contributed by atoms with Gasteiger partial charge in [-0.1, -0.05) is 12.5 Å². The molecule has 6 heteroatoms. The standard InChI is InChI=1S/C20H23FN4O/c1-23-20(26)19-9-8-17(24(19)2)18-5-3-4-10-25(18)13-14-6-7-16(21)15(11-14)12-22/h6-9,11,18H,3-5,10,13H2,1-2H3,(H,23,26)/t18-/m0/s1. The van der Waals surface area contributed by atoms with Gasteiger partial charge in [0, 0.05) is 26.3 Å². The van der Waals surface area contributed by atoms with Crippen molar-refractivity contribution >= 4 is 5.91 Å². The van der Waals surface area contributed by atoms with Crippen molar-refractivity contribution in [2.24, 2.45) is 7.05 Å². The topological polar surface area (TPSA) is 61.1 Å². The molecule has 1 fully saturated rings. The number of hydrogen-bond donors (Lipinski definition) is 1. The van der Waals surface area contributed by atoms with E-state index in [1.54, 1.807) is 19.2 Å². The van der Waals surface area contributed by atoms with Gasteiger partial charge in [-0.2, -0.15) is 5.26 Å². The average molecular weight is 354 g/mol. The van der Waals surface area contributed by atoms with Crippen LogP contribution in [-0.2, 0) is 13.6 Å². The molecule has 1 N–H and O–H groups in total. The van der Waals surface area contributed by atoms with Gasteiger partial charge in [0.15, 0.2) is 0 Å². The number of aromatic nitrogens is 1. The van der Waals surface area contributed by atoms with E-state index < -0.39 is 5.82 Å². The number of carbonyl (C=O) groups is 1. The first-order valence-corrected chi connectivity index (χ1v) is 8.85. The summed E-state index contributed by atoms with van der Waals surface area (Å²) in [6, 6.07) is 10.7. The molecule has 136 valence electrons. The maximum absolute atomic E-state index is 13.6. The minimum Gasteiger partial charge on any atom is -0.354 e. The molecule has 0 unspecified atom stereocenters. The lowest BCUT2D eigenvalue weighted by Gasteiger charge is -2.36. The van der Waals surface area contributed by atoms with Crippen molar-refractivity contribution in [3.63, 3.8) is 0 Å². The van der Waals surface area contributed by atoms with Crippen LogP contribution in [0.4, 0.5) is 4.39 Å². The first kappa shape index (κ1) is 18.2. The van der Waals surface area contributed by atoms with E-state index in [1.807, 2.05) is 29.8 Å². The summed E-state index contributed by atoms with van der Waals surface area (Å²) in [6.07, 6.45) is 3.25. The minimum atomic E-state index is -0.482. The van der Waals surface area contributed by atoms with Crippen molar-refractivity contribution in [3.05, 3.63) is 58.7 Å². The second kappa shape index (κ2) is 7.71. The monoisotopic (exact) mass is 354 g/mol. The van der Waals surface area contributed by atoms with E-state index in [9.17, 15) is 9.18 Å². The summed E-state index contributed by atoms with van der Waals surface area (Å²) in [4.78, 5) is 14.3. The van der Waals surface area contributed by atoms with Crippen molar-refractivity contribution < 1.29 is 9.18 Å². The molecule has 0 spiro atoms. The molecule has 2 heterocycles. The number of hydrogen-bond acceptors (Lipinski definition) is 3. The molecule has 0 saturated carbocycles. The summed E-state index contributed by atoms with van der Waals surface area (Å²) in [7, 11) is 3.54. The van der Waals surface area contributed by atoms with Crippen molar-refractivity contribution in [1.82, 2.24) is 14.8 Å². The zero-order chi connectivity index (χ0) is 18.7. The van der Waals surface area contributed by atoms with E-state index in [2.05, 4.69) is 10.2 Å². The molecule has 3 rings (SSSR count). The largest absolute Gasteiger partial charge is 0.354 e. The Bertz CT molecular complexity index is 852. The van der Waals surface area contributed by atoms with Crippen LogP contribution in [0.15, 0.2) is 30.3 Å². The van der Waals surface area contributed by atoms with Gasteiger partial charge < -0.3 is 9.88 Å². The molecule has 1 atom stereocenters. The van der Waals surface area contributed by atoms with Crippen LogP contribution < -0.4 is 5.32 Å². The first-order valence-electron chi connectivity index (χ1n) is 8.85. The average Bonchev–Trinajstić information content (AvgIpc) is 3.04. The third kappa shape index (κ3) is 3.49. The third-order valence-corrected chi connectivity index (χ3v) is 5.11. The predicted octanol–water partition coefficient (Wildman–Crippen LogP) is 3.12. The van der Waals surface area contributed by atoms with Crippen LogP contribution in [0.2, 0.25) is 0 Å². The summed E-state index contributed by atoms with van der Waals surface area (Å²) >= 11 is 0. The predicted molar refractivity (Wildman–Crippen MR) is 96.9 cm³/mol. The molecule has 2 aromatic rings. The zero-order valence-corrected chi connectivity index (χ0v) is 15.1. The van der Waals surface area contributed by atoms with Crippen LogP contribution in [-0.4, -0.2) is 29.0 Å². The van der Waals surface area contributed by atoms with Crippen LogP contribution in [0.5, 0.6) is 0 Å². The highest BCUT2D eigenvalue weighted by Crippen LogP contribution is 2.33. The summed E-state index contributed by atoms with van der Waals surface area (Å²) in [5.74, 6) is -0.581. The van der Waals surface area contributed by atoms with Crippen LogP contribution in [0, 0.1) is 17.1 Å². The number of amides is 1. The van der Waals surface area contributed by atoms with Gasteiger partial charge in [-0.3, -0.25) is 9.69 Å². The van der Waals surface area contributed by atoms with Crippen molar-refractivity contribution in [1.29, 1.82) is 5.26 Å². The van der Waals surface area contributed by atoms with Crippen LogP contribution >= 0.6 is 0 Å². The number of carbonyl (C=O) groups excluding carboxylic acids is 1. The number of nitriles is 1. The van der Waals surface area contributed by atoms with Gasteiger partial charge in [0.1, 0.15) is 17.6 Å². The number of nitrogens with one attached hydrogen (secondary N) is 1. The van der Waals surface area contributed by atoms with Crippen molar-refractivity contribution in [2.45, 2.75) is 31.8 Å². The number of benzene rings is 1. The molecule has 1 aliphatic rings. The van der Waals surface area contributed by atoms with Gasteiger partial charge >= 0.3 is 0 Å².